The molecular formula is C17H20N4O4. The van der Waals surface area contributed by atoms with E-state index in [1.54, 1.807) is 20.1 Å². The molecule has 0 atom stereocenters. The van der Waals surface area contributed by atoms with Crippen molar-refractivity contribution in [1.29, 1.82) is 0 Å². The average molecular weight is 344 g/mol. The molecule has 0 aliphatic carbocycles. The summed E-state index contributed by atoms with van der Waals surface area (Å²) in [5, 5.41) is 2.26. The Bertz CT molecular complexity index is 827. The number of benzene rings is 1. The molecule has 8 nitrogen and oxygen atoms in total. The van der Waals surface area contributed by atoms with E-state index in [9.17, 15) is 14.4 Å². The number of aromatic nitrogens is 1. The number of nitrogens with one attached hydrogen (secondary N) is 1. The molecule has 0 bridgehead atoms. The van der Waals surface area contributed by atoms with Crippen LogP contribution in [0.1, 0.15) is 21.7 Å². The highest BCUT2D eigenvalue weighted by Crippen LogP contribution is 2.23. The lowest BCUT2D eigenvalue weighted by atomic mass is 10.2. The molecule has 0 aliphatic rings. The van der Waals surface area contributed by atoms with Crippen LogP contribution < -0.4 is 21.5 Å². The van der Waals surface area contributed by atoms with Gasteiger partial charge < -0.3 is 26.1 Å². The summed E-state index contributed by atoms with van der Waals surface area (Å²) in [6.45, 7) is 3.59. The number of nitrogens with zero attached hydrogens (tertiary/aromatic N) is 1. The number of primary amides is 2. The van der Waals surface area contributed by atoms with Gasteiger partial charge in [-0.1, -0.05) is 6.07 Å². The Labute approximate surface area is 144 Å². The molecule has 0 saturated heterocycles. The summed E-state index contributed by atoms with van der Waals surface area (Å²) in [5.41, 5.74) is 12.7. The SMILES string of the molecule is COc1cccc(-n2c(C)cc(C(=O)NC(C(N)=O)C(N)=O)c2C)c1. The highest BCUT2D eigenvalue weighted by Gasteiger charge is 2.26. The van der Waals surface area contributed by atoms with Crippen molar-refractivity contribution in [2.75, 3.05) is 7.11 Å². The summed E-state index contributed by atoms with van der Waals surface area (Å²) in [6.07, 6.45) is 0. The summed E-state index contributed by atoms with van der Waals surface area (Å²) < 4.78 is 7.08. The van der Waals surface area contributed by atoms with Crippen molar-refractivity contribution >= 4 is 17.7 Å². The molecule has 0 radical (unpaired) electrons. The van der Waals surface area contributed by atoms with Gasteiger partial charge in [-0.25, -0.2) is 0 Å². The molecule has 0 fully saturated rings. The Morgan fingerprint density at radius 1 is 1.12 bits per heavy atom. The van der Waals surface area contributed by atoms with Gasteiger partial charge in [-0.05, 0) is 32.0 Å². The maximum atomic E-state index is 12.4. The lowest BCUT2D eigenvalue weighted by molar-refractivity contribution is -0.128. The Morgan fingerprint density at radius 3 is 2.32 bits per heavy atom. The Kier molecular flexibility index (Phi) is 5.11. The highest BCUT2D eigenvalue weighted by molar-refractivity contribution is 6.08. The molecule has 0 spiro atoms. The lowest BCUT2D eigenvalue weighted by Crippen LogP contribution is -2.52. The molecule has 0 unspecified atom stereocenters. The van der Waals surface area contributed by atoms with Crippen molar-refractivity contribution in [3.63, 3.8) is 0 Å². The smallest absolute Gasteiger partial charge is 0.254 e. The van der Waals surface area contributed by atoms with E-state index >= 15 is 0 Å². The molecule has 2 aromatic rings. The number of ether oxygens (including phenoxy) is 1. The first-order valence-corrected chi connectivity index (χ1v) is 7.49. The monoisotopic (exact) mass is 344 g/mol. The number of rotatable bonds is 6. The summed E-state index contributed by atoms with van der Waals surface area (Å²) >= 11 is 0. The van der Waals surface area contributed by atoms with Crippen LogP contribution in [0.25, 0.3) is 5.69 Å². The predicted molar refractivity (Wildman–Crippen MR) is 91.4 cm³/mol. The Morgan fingerprint density at radius 2 is 1.76 bits per heavy atom. The molecule has 1 heterocycles. The first-order valence-electron chi connectivity index (χ1n) is 7.49. The van der Waals surface area contributed by atoms with E-state index in [4.69, 9.17) is 16.2 Å². The number of nitrogens with two attached hydrogens (primary N) is 2. The van der Waals surface area contributed by atoms with E-state index in [2.05, 4.69) is 5.32 Å². The third kappa shape index (κ3) is 3.63. The molecule has 2 rings (SSSR count). The Hall–Kier alpha value is -3.29. The van der Waals surface area contributed by atoms with Crippen LogP contribution in [0.4, 0.5) is 0 Å². The van der Waals surface area contributed by atoms with Crippen LogP contribution in [0.15, 0.2) is 30.3 Å². The molecular weight excluding hydrogens is 324 g/mol. The number of hydrogen-bond acceptors (Lipinski definition) is 4. The summed E-state index contributed by atoms with van der Waals surface area (Å²) in [4.78, 5) is 34.9. The minimum absolute atomic E-state index is 0.313. The normalized spacial score (nSPS) is 10.6. The molecule has 0 saturated carbocycles. The number of amides is 3. The number of methoxy groups -OCH3 is 1. The van der Waals surface area contributed by atoms with Gasteiger partial charge >= 0.3 is 0 Å². The maximum absolute atomic E-state index is 12.4. The van der Waals surface area contributed by atoms with Crippen molar-refractivity contribution in [1.82, 2.24) is 9.88 Å². The predicted octanol–water partition coefficient (Wildman–Crippen LogP) is 0.172. The molecule has 3 amide bonds. The first kappa shape index (κ1) is 18.1. The second-order valence-corrected chi connectivity index (χ2v) is 5.53. The number of carbonyl (C=O) groups excluding carboxylic acids is 3. The molecule has 25 heavy (non-hydrogen) atoms. The van der Waals surface area contributed by atoms with Gasteiger partial charge in [0.1, 0.15) is 5.75 Å². The molecule has 1 aromatic carbocycles. The quantitative estimate of drug-likeness (QED) is 0.645. The third-order valence-corrected chi connectivity index (χ3v) is 3.83. The van der Waals surface area contributed by atoms with Crippen LogP contribution in [0.5, 0.6) is 5.75 Å². The van der Waals surface area contributed by atoms with Gasteiger partial charge in [-0.2, -0.15) is 0 Å². The largest absolute Gasteiger partial charge is 0.497 e. The number of aryl methyl sites for hydroxylation is 1. The van der Waals surface area contributed by atoms with Crippen LogP contribution in [0.2, 0.25) is 0 Å². The molecule has 5 N–H and O–H groups in total. The molecule has 0 aliphatic heterocycles. The number of carbonyl (C=O) groups is 3. The van der Waals surface area contributed by atoms with Gasteiger partial charge in [-0.3, -0.25) is 14.4 Å². The average Bonchev–Trinajstić information content (AvgIpc) is 2.86. The van der Waals surface area contributed by atoms with Gasteiger partial charge in [0.2, 0.25) is 11.8 Å². The van der Waals surface area contributed by atoms with E-state index in [-0.39, 0.29) is 0 Å². The van der Waals surface area contributed by atoms with Crippen molar-refractivity contribution < 1.29 is 19.1 Å². The van der Waals surface area contributed by atoms with Crippen molar-refractivity contribution in [3.8, 4) is 11.4 Å². The van der Waals surface area contributed by atoms with E-state index in [1.165, 1.54) is 0 Å². The standard InChI is InChI=1S/C17H20N4O4/c1-9-7-13(17(24)20-14(15(18)22)16(19)23)10(2)21(9)11-5-4-6-12(8-11)25-3/h4-8,14H,1-3H3,(H2,18,22)(H2,19,23)(H,20,24). The minimum atomic E-state index is -1.56. The maximum Gasteiger partial charge on any atom is 0.254 e. The van der Waals surface area contributed by atoms with Crippen LogP contribution in [-0.4, -0.2) is 35.4 Å². The van der Waals surface area contributed by atoms with E-state index in [0.717, 1.165) is 11.4 Å². The molecule has 132 valence electrons. The van der Waals surface area contributed by atoms with E-state index in [1.807, 2.05) is 35.8 Å². The second kappa shape index (κ2) is 7.08. The van der Waals surface area contributed by atoms with Crippen LogP contribution in [0.3, 0.4) is 0 Å². The van der Waals surface area contributed by atoms with Gasteiger partial charge in [0.15, 0.2) is 6.04 Å². The lowest BCUT2D eigenvalue weighted by Gasteiger charge is -2.13. The summed E-state index contributed by atoms with van der Waals surface area (Å²) in [5.74, 6) is -1.95. The van der Waals surface area contributed by atoms with Crippen LogP contribution in [-0.2, 0) is 9.59 Å². The zero-order chi connectivity index (χ0) is 18.7. The van der Waals surface area contributed by atoms with Crippen LogP contribution in [0, 0.1) is 13.8 Å². The fourth-order valence-corrected chi connectivity index (χ4v) is 2.63. The fraction of sp³-hybridized carbons (Fsp3) is 0.235. The zero-order valence-electron chi connectivity index (χ0n) is 14.2. The van der Waals surface area contributed by atoms with Gasteiger partial charge in [0, 0.05) is 23.1 Å². The minimum Gasteiger partial charge on any atom is -0.497 e. The summed E-state index contributed by atoms with van der Waals surface area (Å²) in [6, 6.07) is 7.45. The topological polar surface area (TPSA) is 129 Å². The number of hydrogen-bond donors (Lipinski definition) is 3. The first-order chi connectivity index (χ1) is 11.8. The van der Waals surface area contributed by atoms with Crippen molar-refractivity contribution in [2.45, 2.75) is 19.9 Å². The van der Waals surface area contributed by atoms with Gasteiger partial charge in [-0.15, -0.1) is 0 Å². The van der Waals surface area contributed by atoms with E-state index < -0.39 is 23.8 Å². The Balaban J connectivity index is 2.40. The van der Waals surface area contributed by atoms with Crippen LogP contribution >= 0.6 is 0 Å². The van der Waals surface area contributed by atoms with Crippen molar-refractivity contribution in [3.05, 3.63) is 47.3 Å². The second-order valence-electron chi connectivity index (χ2n) is 5.53. The molecule has 1 aromatic heterocycles. The van der Waals surface area contributed by atoms with E-state index in [0.29, 0.717) is 17.0 Å². The highest BCUT2D eigenvalue weighted by atomic mass is 16.5. The fourth-order valence-electron chi connectivity index (χ4n) is 2.63. The van der Waals surface area contributed by atoms with Gasteiger partial charge in [0.05, 0.1) is 12.7 Å². The molecule has 8 heteroatoms. The van der Waals surface area contributed by atoms with Crippen molar-refractivity contribution in [2.24, 2.45) is 11.5 Å². The zero-order valence-corrected chi connectivity index (χ0v) is 14.2. The van der Waals surface area contributed by atoms with Gasteiger partial charge in [0.25, 0.3) is 5.91 Å². The summed E-state index contributed by atoms with van der Waals surface area (Å²) in [7, 11) is 1.57. The third-order valence-electron chi connectivity index (χ3n) is 3.83.